The molecule has 1 aromatic rings. The van der Waals surface area contributed by atoms with Crippen molar-refractivity contribution >= 4 is 34.7 Å². The lowest BCUT2D eigenvalue weighted by Gasteiger charge is -2.32. The highest BCUT2D eigenvalue weighted by atomic mass is 32.1. The molecule has 0 aliphatic carbocycles. The number of ether oxygens (including phenoxy) is 1. The zero-order valence-electron chi connectivity index (χ0n) is 12.2. The van der Waals surface area contributed by atoms with Gasteiger partial charge in [0, 0.05) is 24.5 Å². The zero-order valence-corrected chi connectivity index (χ0v) is 13.0. The van der Waals surface area contributed by atoms with Crippen LogP contribution in [-0.2, 0) is 9.53 Å². The molecule has 114 valence electrons. The zero-order chi connectivity index (χ0) is 15.2. The summed E-state index contributed by atoms with van der Waals surface area (Å²) in [5, 5.41) is 3.16. The maximum absolute atomic E-state index is 11.7. The van der Waals surface area contributed by atoms with Crippen LogP contribution in [0.3, 0.4) is 0 Å². The number of piperidine rings is 1. The number of anilines is 2. The molecule has 1 aliphatic heterocycles. The molecule has 0 bridgehead atoms. The summed E-state index contributed by atoms with van der Waals surface area (Å²) in [7, 11) is 0. The van der Waals surface area contributed by atoms with Gasteiger partial charge in [0.25, 0.3) is 0 Å². The van der Waals surface area contributed by atoms with Crippen molar-refractivity contribution in [3.63, 3.8) is 0 Å². The summed E-state index contributed by atoms with van der Waals surface area (Å²) in [4.78, 5) is 14.0. The SMILES string of the molecule is CCOC(=O)C1CCN(c2ccc(NC(N)=S)cc2)CC1. The third kappa shape index (κ3) is 4.32. The Bertz CT molecular complexity index is 496. The minimum atomic E-state index is -0.0619. The van der Waals surface area contributed by atoms with Crippen LogP contribution < -0.4 is 16.0 Å². The second kappa shape index (κ2) is 7.26. The third-order valence-electron chi connectivity index (χ3n) is 3.61. The van der Waals surface area contributed by atoms with E-state index in [9.17, 15) is 4.79 Å². The smallest absolute Gasteiger partial charge is 0.309 e. The van der Waals surface area contributed by atoms with Crippen LogP contribution in [0.4, 0.5) is 11.4 Å². The van der Waals surface area contributed by atoms with Crippen molar-refractivity contribution < 1.29 is 9.53 Å². The van der Waals surface area contributed by atoms with E-state index in [0.717, 1.165) is 37.3 Å². The van der Waals surface area contributed by atoms with E-state index in [-0.39, 0.29) is 17.0 Å². The highest BCUT2D eigenvalue weighted by Crippen LogP contribution is 2.25. The van der Waals surface area contributed by atoms with E-state index in [1.165, 1.54) is 0 Å². The van der Waals surface area contributed by atoms with Gasteiger partial charge in [-0.05, 0) is 56.2 Å². The number of hydrogen-bond acceptors (Lipinski definition) is 4. The molecule has 21 heavy (non-hydrogen) atoms. The monoisotopic (exact) mass is 307 g/mol. The van der Waals surface area contributed by atoms with E-state index in [0.29, 0.717) is 6.61 Å². The summed E-state index contributed by atoms with van der Waals surface area (Å²) in [6.07, 6.45) is 1.68. The third-order valence-corrected chi connectivity index (χ3v) is 3.72. The molecule has 1 aromatic carbocycles. The van der Waals surface area contributed by atoms with Crippen LogP contribution in [-0.4, -0.2) is 30.8 Å². The van der Waals surface area contributed by atoms with Crippen LogP contribution in [0.1, 0.15) is 19.8 Å². The largest absolute Gasteiger partial charge is 0.466 e. The number of nitrogens with one attached hydrogen (secondary N) is 1. The van der Waals surface area contributed by atoms with Crippen molar-refractivity contribution in [3.8, 4) is 0 Å². The van der Waals surface area contributed by atoms with Gasteiger partial charge in [-0.3, -0.25) is 4.79 Å². The van der Waals surface area contributed by atoms with E-state index in [4.69, 9.17) is 22.7 Å². The summed E-state index contributed by atoms with van der Waals surface area (Å²) in [6.45, 7) is 4.03. The predicted molar refractivity (Wildman–Crippen MR) is 88.4 cm³/mol. The Hall–Kier alpha value is -1.82. The number of esters is 1. The first kappa shape index (κ1) is 15.6. The van der Waals surface area contributed by atoms with Gasteiger partial charge in [0.1, 0.15) is 0 Å². The fourth-order valence-electron chi connectivity index (χ4n) is 2.53. The summed E-state index contributed by atoms with van der Waals surface area (Å²) in [6, 6.07) is 7.97. The van der Waals surface area contributed by atoms with Gasteiger partial charge in [-0.1, -0.05) is 0 Å². The van der Waals surface area contributed by atoms with Crippen molar-refractivity contribution in [2.75, 3.05) is 29.9 Å². The second-order valence-corrected chi connectivity index (χ2v) is 5.49. The molecule has 0 saturated carbocycles. The van der Waals surface area contributed by atoms with Gasteiger partial charge in [0.15, 0.2) is 5.11 Å². The van der Waals surface area contributed by atoms with Gasteiger partial charge in [-0.25, -0.2) is 0 Å². The molecular weight excluding hydrogens is 286 g/mol. The number of carbonyl (C=O) groups is 1. The highest BCUT2D eigenvalue weighted by molar-refractivity contribution is 7.80. The van der Waals surface area contributed by atoms with E-state index in [1.807, 2.05) is 31.2 Å². The van der Waals surface area contributed by atoms with Crippen LogP contribution in [0.5, 0.6) is 0 Å². The van der Waals surface area contributed by atoms with E-state index in [1.54, 1.807) is 0 Å². The van der Waals surface area contributed by atoms with Gasteiger partial charge in [0.05, 0.1) is 12.5 Å². The first-order valence-corrected chi connectivity index (χ1v) is 7.59. The summed E-state index contributed by atoms with van der Waals surface area (Å²) in [5.74, 6) is -0.0232. The van der Waals surface area contributed by atoms with Crippen molar-refractivity contribution in [1.29, 1.82) is 0 Å². The number of nitrogens with two attached hydrogens (primary N) is 1. The number of hydrogen-bond donors (Lipinski definition) is 2. The molecule has 0 spiro atoms. The van der Waals surface area contributed by atoms with Crippen LogP contribution in [0.25, 0.3) is 0 Å². The fourth-order valence-corrected chi connectivity index (χ4v) is 2.65. The first-order valence-electron chi connectivity index (χ1n) is 7.18. The highest BCUT2D eigenvalue weighted by Gasteiger charge is 2.25. The number of benzene rings is 1. The summed E-state index contributed by atoms with van der Waals surface area (Å²) in [5.41, 5.74) is 7.47. The Labute approximate surface area is 130 Å². The molecule has 0 radical (unpaired) electrons. The Morgan fingerprint density at radius 1 is 1.38 bits per heavy atom. The van der Waals surface area contributed by atoms with Crippen molar-refractivity contribution in [3.05, 3.63) is 24.3 Å². The lowest BCUT2D eigenvalue weighted by Crippen LogP contribution is -2.36. The average Bonchev–Trinajstić information content (AvgIpc) is 2.48. The molecule has 2 rings (SSSR count). The molecule has 0 amide bonds. The van der Waals surface area contributed by atoms with Crippen molar-refractivity contribution in [1.82, 2.24) is 0 Å². The molecule has 3 N–H and O–H groups in total. The Morgan fingerprint density at radius 3 is 2.52 bits per heavy atom. The van der Waals surface area contributed by atoms with E-state index in [2.05, 4.69) is 10.2 Å². The predicted octanol–water partition coefficient (Wildman–Crippen LogP) is 2.12. The van der Waals surface area contributed by atoms with Crippen LogP contribution in [0, 0.1) is 5.92 Å². The van der Waals surface area contributed by atoms with E-state index >= 15 is 0 Å². The maximum Gasteiger partial charge on any atom is 0.309 e. The maximum atomic E-state index is 11.7. The molecule has 1 heterocycles. The molecule has 0 aromatic heterocycles. The summed E-state index contributed by atoms with van der Waals surface area (Å²) < 4.78 is 5.09. The van der Waals surface area contributed by atoms with E-state index < -0.39 is 0 Å². The molecule has 0 unspecified atom stereocenters. The van der Waals surface area contributed by atoms with Gasteiger partial charge < -0.3 is 20.7 Å². The van der Waals surface area contributed by atoms with Crippen molar-refractivity contribution in [2.24, 2.45) is 11.7 Å². The fraction of sp³-hybridized carbons (Fsp3) is 0.467. The Balaban J connectivity index is 1.90. The standard InChI is InChI=1S/C15H21N3O2S/c1-2-20-14(19)11-7-9-18(10-8-11)13-5-3-12(4-6-13)17-15(16)21/h3-6,11H,2,7-10H2,1H3,(H3,16,17,21). The van der Waals surface area contributed by atoms with Gasteiger partial charge in [0.2, 0.25) is 0 Å². The Morgan fingerprint density at radius 2 is 2.00 bits per heavy atom. The Kier molecular flexibility index (Phi) is 5.38. The minimum absolute atomic E-state index is 0.0387. The number of thiocarbonyl (C=S) groups is 1. The molecule has 5 nitrogen and oxygen atoms in total. The normalized spacial score (nSPS) is 15.6. The summed E-state index contributed by atoms with van der Waals surface area (Å²) >= 11 is 4.81. The molecule has 1 saturated heterocycles. The van der Waals surface area contributed by atoms with Crippen LogP contribution in [0.15, 0.2) is 24.3 Å². The van der Waals surface area contributed by atoms with Gasteiger partial charge >= 0.3 is 5.97 Å². The first-order chi connectivity index (χ1) is 10.1. The molecule has 1 aliphatic rings. The van der Waals surface area contributed by atoms with Gasteiger partial charge in [-0.15, -0.1) is 0 Å². The molecule has 1 fully saturated rings. The molecular formula is C15H21N3O2S. The second-order valence-electron chi connectivity index (χ2n) is 5.05. The minimum Gasteiger partial charge on any atom is -0.466 e. The molecule has 6 heteroatoms. The molecule has 0 atom stereocenters. The van der Waals surface area contributed by atoms with Crippen LogP contribution in [0.2, 0.25) is 0 Å². The lowest BCUT2D eigenvalue weighted by molar-refractivity contribution is -0.148. The average molecular weight is 307 g/mol. The number of nitrogens with zero attached hydrogens (tertiary/aromatic N) is 1. The van der Waals surface area contributed by atoms with Crippen molar-refractivity contribution in [2.45, 2.75) is 19.8 Å². The quantitative estimate of drug-likeness (QED) is 0.656. The number of carbonyl (C=O) groups excluding carboxylic acids is 1. The number of rotatable bonds is 4. The lowest BCUT2D eigenvalue weighted by atomic mass is 9.96. The topological polar surface area (TPSA) is 67.6 Å². The van der Waals surface area contributed by atoms with Gasteiger partial charge in [-0.2, -0.15) is 0 Å². The van der Waals surface area contributed by atoms with Crippen LogP contribution >= 0.6 is 12.2 Å².